The van der Waals surface area contributed by atoms with Crippen LogP contribution in [-0.2, 0) is 23.0 Å². The first-order valence-corrected chi connectivity index (χ1v) is 11.1. The predicted molar refractivity (Wildman–Crippen MR) is 111 cm³/mol. The number of hydrogen-bond acceptors (Lipinski definition) is 7. The maximum absolute atomic E-state index is 12.5. The smallest absolute Gasteiger partial charge is 0.275 e. The van der Waals surface area contributed by atoms with E-state index in [1.807, 2.05) is 20.8 Å². The van der Waals surface area contributed by atoms with E-state index in [2.05, 4.69) is 15.4 Å². The fourth-order valence-corrected chi connectivity index (χ4v) is 4.56. The average molecular weight is 422 g/mol. The molecule has 28 heavy (non-hydrogen) atoms. The van der Waals surface area contributed by atoms with Crippen LogP contribution in [0.4, 0.5) is 5.69 Å². The largest absolute Gasteiger partial charge is 0.379 e. The van der Waals surface area contributed by atoms with Crippen molar-refractivity contribution in [3.05, 3.63) is 50.4 Å². The number of nitrogens with one attached hydrogen (secondary N) is 1. The van der Waals surface area contributed by atoms with Crippen molar-refractivity contribution in [2.75, 3.05) is 19.4 Å². The topological polar surface area (TPSA) is 96.7 Å². The molecule has 150 valence electrons. The van der Waals surface area contributed by atoms with Crippen LogP contribution in [0.25, 0.3) is 4.96 Å². The first-order chi connectivity index (χ1) is 13.1. The highest BCUT2D eigenvalue weighted by molar-refractivity contribution is 7.89. The number of benzene rings is 1. The van der Waals surface area contributed by atoms with E-state index >= 15 is 0 Å². The van der Waals surface area contributed by atoms with Gasteiger partial charge in [0.15, 0.2) is 0 Å². The van der Waals surface area contributed by atoms with E-state index in [-0.39, 0.29) is 10.5 Å². The lowest BCUT2D eigenvalue weighted by Gasteiger charge is -2.16. The molecule has 0 aliphatic carbocycles. The van der Waals surface area contributed by atoms with Gasteiger partial charge in [-0.3, -0.25) is 4.79 Å². The molecule has 0 amide bonds. The van der Waals surface area contributed by atoms with Gasteiger partial charge in [0.2, 0.25) is 15.0 Å². The quantitative estimate of drug-likeness (QED) is 0.655. The van der Waals surface area contributed by atoms with Crippen LogP contribution < -0.4 is 10.9 Å². The van der Waals surface area contributed by atoms with Gasteiger partial charge >= 0.3 is 0 Å². The van der Waals surface area contributed by atoms with E-state index < -0.39 is 10.0 Å². The Morgan fingerprint density at radius 2 is 1.93 bits per heavy atom. The number of aromatic nitrogens is 3. The number of rotatable bonds is 6. The Kier molecular flexibility index (Phi) is 5.55. The summed E-state index contributed by atoms with van der Waals surface area (Å²) in [6.45, 7) is 6.07. The molecular formula is C18H23N5O3S2. The number of aryl methyl sites for hydroxylation is 2. The third-order valence-corrected chi connectivity index (χ3v) is 7.37. The van der Waals surface area contributed by atoms with Crippen LogP contribution >= 0.6 is 11.3 Å². The van der Waals surface area contributed by atoms with E-state index in [4.69, 9.17) is 0 Å². The number of sulfonamides is 1. The zero-order chi connectivity index (χ0) is 20.6. The summed E-state index contributed by atoms with van der Waals surface area (Å²) in [7, 11) is -0.532. The van der Waals surface area contributed by atoms with Gasteiger partial charge < -0.3 is 5.32 Å². The minimum atomic E-state index is -3.54. The fraction of sp³-hybridized carbons (Fsp3) is 0.389. The van der Waals surface area contributed by atoms with Crippen LogP contribution in [0.5, 0.6) is 0 Å². The summed E-state index contributed by atoms with van der Waals surface area (Å²) >= 11 is 1.39. The van der Waals surface area contributed by atoms with E-state index in [0.717, 1.165) is 22.6 Å². The van der Waals surface area contributed by atoms with Crippen molar-refractivity contribution in [1.29, 1.82) is 0 Å². The van der Waals surface area contributed by atoms with Gasteiger partial charge in [0.05, 0.1) is 17.1 Å². The second-order valence-electron chi connectivity index (χ2n) is 6.68. The summed E-state index contributed by atoms with van der Waals surface area (Å²) in [6.07, 6.45) is 0.743. The summed E-state index contributed by atoms with van der Waals surface area (Å²) < 4.78 is 27.5. The fourth-order valence-electron chi connectivity index (χ4n) is 2.68. The lowest BCUT2D eigenvalue weighted by atomic mass is 10.1. The third kappa shape index (κ3) is 3.80. The SMILES string of the molecule is CCc1nn2c(=O)cc(CNc3cc(S(=O)(=O)N(C)C)cc(C)c3C)nc2s1. The molecule has 1 N–H and O–H groups in total. The van der Waals surface area contributed by atoms with Crippen LogP contribution in [0.15, 0.2) is 27.9 Å². The molecular weight excluding hydrogens is 398 g/mol. The van der Waals surface area contributed by atoms with Crippen molar-refractivity contribution in [2.45, 2.75) is 38.6 Å². The molecule has 2 heterocycles. The zero-order valence-electron chi connectivity index (χ0n) is 16.5. The highest BCUT2D eigenvalue weighted by Crippen LogP contribution is 2.26. The molecule has 0 atom stereocenters. The van der Waals surface area contributed by atoms with Gasteiger partial charge in [0.1, 0.15) is 5.01 Å². The Hall–Kier alpha value is -2.30. The minimum Gasteiger partial charge on any atom is -0.379 e. The molecule has 0 saturated heterocycles. The van der Waals surface area contributed by atoms with Crippen LogP contribution in [0.2, 0.25) is 0 Å². The molecule has 3 aromatic rings. The van der Waals surface area contributed by atoms with E-state index in [1.54, 1.807) is 12.1 Å². The Morgan fingerprint density at radius 3 is 2.57 bits per heavy atom. The monoisotopic (exact) mass is 421 g/mol. The maximum atomic E-state index is 12.5. The lowest BCUT2D eigenvalue weighted by molar-refractivity contribution is 0.520. The first kappa shape index (κ1) is 20.4. The highest BCUT2D eigenvalue weighted by atomic mass is 32.2. The van der Waals surface area contributed by atoms with Gasteiger partial charge in [0, 0.05) is 25.8 Å². The van der Waals surface area contributed by atoms with Gasteiger partial charge in [-0.25, -0.2) is 17.7 Å². The summed E-state index contributed by atoms with van der Waals surface area (Å²) in [5.41, 5.74) is 2.86. The van der Waals surface area contributed by atoms with Crippen LogP contribution in [0.1, 0.15) is 28.8 Å². The molecule has 0 fully saturated rings. The molecule has 1 aromatic carbocycles. The standard InChI is InChI=1S/C18H23N5O3S2/c1-6-16-21-23-17(24)8-13(20-18(23)27-16)10-19-15-9-14(7-11(2)12(15)3)28(25,26)22(4)5/h7-9,19H,6,10H2,1-5H3. The molecule has 10 heteroatoms. The number of hydrogen-bond donors (Lipinski definition) is 1. The Bertz CT molecular complexity index is 1200. The van der Waals surface area contributed by atoms with Gasteiger partial charge in [-0.1, -0.05) is 18.3 Å². The lowest BCUT2D eigenvalue weighted by Crippen LogP contribution is -2.22. The third-order valence-electron chi connectivity index (χ3n) is 4.52. The van der Waals surface area contributed by atoms with E-state index in [9.17, 15) is 13.2 Å². The number of fused-ring (bicyclic) bond motifs is 1. The molecule has 0 aliphatic rings. The summed E-state index contributed by atoms with van der Waals surface area (Å²) in [5, 5.41) is 8.31. The summed E-state index contributed by atoms with van der Waals surface area (Å²) in [4.78, 5) is 17.6. The molecule has 0 spiro atoms. The van der Waals surface area contributed by atoms with Crippen LogP contribution in [0, 0.1) is 13.8 Å². The second-order valence-corrected chi connectivity index (χ2v) is 9.88. The summed E-state index contributed by atoms with van der Waals surface area (Å²) in [5.74, 6) is 0. The molecule has 0 saturated carbocycles. The van der Waals surface area contributed by atoms with Crippen molar-refractivity contribution in [3.8, 4) is 0 Å². The van der Waals surface area contributed by atoms with Crippen LogP contribution in [-0.4, -0.2) is 41.4 Å². The molecule has 0 radical (unpaired) electrons. The van der Waals surface area contributed by atoms with Crippen molar-refractivity contribution in [1.82, 2.24) is 18.9 Å². The van der Waals surface area contributed by atoms with Crippen molar-refractivity contribution >= 4 is 32.0 Å². The predicted octanol–water partition coefficient (Wildman–Crippen LogP) is 2.19. The summed E-state index contributed by atoms with van der Waals surface area (Å²) in [6, 6.07) is 4.73. The number of nitrogens with zero attached hydrogens (tertiary/aromatic N) is 4. The van der Waals surface area contributed by atoms with E-state index in [0.29, 0.717) is 22.9 Å². The zero-order valence-corrected chi connectivity index (χ0v) is 18.1. The van der Waals surface area contributed by atoms with Crippen molar-refractivity contribution < 1.29 is 8.42 Å². The van der Waals surface area contributed by atoms with Gasteiger partial charge in [0.25, 0.3) is 5.56 Å². The first-order valence-electron chi connectivity index (χ1n) is 8.79. The highest BCUT2D eigenvalue weighted by Gasteiger charge is 2.19. The molecule has 3 rings (SSSR count). The van der Waals surface area contributed by atoms with Crippen molar-refractivity contribution in [3.63, 3.8) is 0 Å². The molecule has 2 aromatic heterocycles. The van der Waals surface area contributed by atoms with E-state index in [1.165, 1.54) is 40.3 Å². The molecule has 0 aliphatic heterocycles. The Morgan fingerprint density at radius 1 is 1.21 bits per heavy atom. The van der Waals surface area contributed by atoms with Gasteiger partial charge in [-0.05, 0) is 43.5 Å². The molecule has 0 unspecified atom stereocenters. The average Bonchev–Trinajstić information content (AvgIpc) is 3.06. The molecule has 0 bridgehead atoms. The number of anilines is 1. The second kappa shape index (κ2) is 7.61. The maximum Gasteiger partial charge on any atom is 0.275 e. The normalized spacial score (nSPS) is 12.1. The van der Waals surface area contributed by atoms with Gasteiger partial charge in [-0.2, -0.15) is 9.61 Å². The Balaban J connectivity index is 1.93. The van der Waals surface area contributed by atoms with Gasteiger partial charge in [-0.15, -0.1) is 0 Å². The molecule has 8 nitrogen and oxygen atoms in total. The minimum absolute atomic E-state index is 0.224. The Labute approximate surface area is 167 Å². The van der Waals surface area contributed by atoms with Crippen molar-refractivity contribution in [2.24, 2.45) is 0 Å². The van der Waals surface area contributed by atoms with Crippen LogP contribution in [0.3, 0.4) is 0 Å².